The first-order valence-electron chi connectivity index (χ1n) is 8.24. The minimum atomic E-state index is -0.319. The predicted molar refractivity (Wildman–Crippen MR) is 87.5 cm³/mol. The Bertz CT molecular complexity index is 718. The zero-order chi connectivity index (χ0) is 15.5. The molecule has 0 spiro atoms. The van der Waals surface area contributed by atoms with E-state index in [0.29, 0.717) is 0 Å². The van der Waals surface area contributed by atoms with Crippen molar-refractivity contribution in [1.29, 1.82) is 0 Å². The van der Waals surface area contributed by atoms with Crippen molar-refractivity contribution < 1.29 is 5.11 Å². The van der Waals surface area contributed by atoms with Crippen LogP contribution in [0.3, 0.4) is 0 Å². The summed E-state index contributed by atoms with van der Waals surface area (Å²) in [6.07, 6.45) is 6.87. The van der Waals surface area contributed by atoms with Crippen LogP contribution in [0.2, 0.25) is 0 Å². The number of rotatable bonds is 1. The van der Waals surface area contributed by atoms with Crippen LogP contribution >= 0.6 is 0 Å². The Morgan fingerprint density at radius 1 is 1.18 bits per heavy atom. The van der Waals surface area contributed by atoms with Crippen molar-refractivity contribution >= 4 is 0 Å². The number of aromatic nitrogens is 2. The van der Waals surface area contributed by atoms with Crippen molar-refractivity contribution in [1.82, 2.24) is 9.55 Å². The quantitative estimate of drug-likeness (QED) is 0.862. The van der Waals surface area contributed by atoms with Gasteiger partial charge in [-0.1, -0.05) is 51.5 Å². The fourth-order valence-corrected chi connectivity index (χ4v) is 4.89. The van der Waals surface area contributed by atoms with Gasteiger partial charge in [-0.25, -0.2) is 4.98 Å². The van der Waals surface area contributed by atoms with E-state index in [-0.39, 0.29) is 23.0 Å². The average molecular weight is 296 g/mol. The molecule has 0 radical (unpaired) electrons. The van der Waals surface area contributed by atoms with E-state index < -0.39 is 0 Å². The summed E-state index contributed by atoms with van der Waals surface area (Å²) in [6.45, 7) is 6.66. The van der Waals surface area contributed by atoms with Crippen LogP contribution in [0.5, 0.6) is 0 Å². The molecular weight excluding hydrogens is 272 g/mol. The Morgan fingerprint density at radius 2 is 1.95 bits per heavy atom. The van der Waals surface area contributed by atoms with Gasteiger partial charge in [-0.3, -0.25) is 0 Å². The van der Waals surface area contributed by atoms with E-state index in [9.17, 15) is 5.11 Å². The zero-order valence-electron chi connectivity index (χ0n) is 13.6. The lowest BCUT2D eigenvalue weighted by Crippen LogP contribution is -2.50. The first-order chi connectivity index (χ1) is 10.5. The molecule has 3 nitrogen and oxygen atoms in total. The van der Waals surface area contributed by atoms with E-state index >= 15 is 0 Å². The predicted octanol–water partition coefficient (Wildman–Crippen LogP) is 4.03. The maximum Gasteiger partial charge on any atom is 0.0956 e. The lowest BCUT2D eigenvalue weighted by atomic mass is 9.58. The summed E-state index contributed by atoms with van der Waals surface area (Å²) in [6, 6.07) is 8.76. The third kappa shape index (κ3) is 1.69. The van der Waals surface area contributed by atoms with E-state index in [1.165, 1.54) is 23.2 Å². The van der Waals surface area contributed by atoms with Gasteiger partial charge in [-0.2, -0.15) is 0 Å². The van der Waals surface area contributed by atoms with Gasteiger partial charge >= 0.3 is 0 Å². The summed E-state index contributed by atoms with van der Waals surface area (Å²) in [7, 11) is 0. The third-order valence-corrected chi connectivity index (χ3v) is 6.00. The Balaban J connectivity index is 1.89. The Morgan fingerprint density at radius 3 is 2.77 bits per heavy atom. The molecular formula is C19H24N2O. The molecule has 1 aromatic heterocycles. The lowest BCUT2D eigenvalue weighted by Gasteiger charge is -2.51. The Labute approximate surface area is 132 Å². The molecule has 0 amide bonds. The fraction of sp³-hybridized carbons (Fsp3) is 0.526. The lowest BCUT2D eigenvalue weighted by molar-refractivity contribution is -0.100. The molecule has 1 N–H and O–H groups in total. The van der Waals surface area contributed by atoms with Gasteiger partial charge in [0.05, 0.1) is 30.4 Å². The number of aliphatic hydroxyl groups excluding tert-OH is 1. The molecule has 1 aliphatic carbocycles. The summed E-state index contributed by atoms with van der Waals surface area (Å²) in [5.74, 6) is 0. The number of imidazole rings is 1. The van der Waals surface area contributed by atoms with Gasteiger partial charge in [0.1, 0.15) is 0 Å². The van der Waals surface area contributed by atoms with E-state index in [2.05, 4.69) is 54.6 Å². The average Bonchev–Trinajstić information content (AvgIpc) is 3.04. The first kappa shape index (κ1) is 14.0. The summed E-state index contributed by atoms with van der Waals surface area (Å²) < 4.78 is 2.27. The number of nitrogens with zero attached hydrogens (tertiary/aromatic N) is 2. The summed E-state index contributed by atoms with van der Waals surface area (Å²) in [4.78, 5) is 4.36. The molecule has 1 fully saturated rings. The van der Waals surface area contributed by atoms with Gasteiger partial charge in [0.25, 0.3) is 0 Å². The molecule has 1 aromatic carbocycles. The smallest absolute Gasteiger partial charge is 0.0956 e. The maximum atomic E-state index is 11.2. The maximum absolute atomic E-state index is 11.2. The Kier molecular flexibility index (Phi) is 2.83. The van der Waals surface area contributed by atoms with Gasteiger partial charge in [0, 0.05) is 11.0 Å². The normalized spacial score (nSPS) is 32.5. The molecule has 1 unspecified atom stereocenters. The second-order valence-electron chi connectivity index (χ2n) is 7.93. The zero-order valence-corrected chi connectivity index (χ0v) is 13.6. The van der Waals surface area contributed by atoms with Crippen LogP contribution in [0.1, 0.15) is 51.6 Å². The van der Waals surface area contributed by atoms with Gasteiger partial charge in [-0.05, 0) is 23.8 Å². The van der Waals surface area contributed by atoms with Crippen LogP contribution in [-0.2, 0) is 0 Å². The second kappa shape index (κ2) is 4.45. The van der Waals surface area contributed by atoms with Gasteiger partial charge in [0.2, 0.25) is 0 Å². The van der Waals surface area contributed by atoms with E-state index in [1.807, 2.05) is 12.5 Å². The van der Waals surface area contributed by atoms with Crippen molar-refractivity contribution in [2.75, 3.05) is 0 Å². The van der Waals surface area contributed by atoms with Crippen molar-refractivity contribution in [3.63, 3.8) is 0 Å². The van der Waals surface area contributed by atoms with Crippen molar-refractivity contribution in [3.8, 4) is 11.3 Å². The molecule has 2 aliphatic rings. The summed E-state index contributed by atoms with van der Waals surface area (Å²) >= 11 is 0. The van der Waals surface area contributed by atoms with Crippen LogP contribution in [0.15, 0.2) is 36.8 Å². The van der Waals surface area contributed by atoms with Crippen LogP contribution in [0, 0.1) is 10.8 Å². The van der Waals surface area contributed by atoms with Crippen molar-refractivity contribution in [2.45, 2.75) is 52.2 Å². The van der Waals surface area contributed by atoms with Crippen molar-refractivity contribution in [2.24, 2.45) is 10.8 Å². The molecule has 3 heteroatoms. The highest BCUT2D eigenvalue weighted by Crippen LogP contribution is 2.57. The molecule has 2 heterocycles. The molecule has 2 aromatic rings. The summed E-state index contributed by atoms with van der Waals surface area (Å²) in [5.41, 5.74) is 3.58. The highest BCUT2D eigenvalue weighted by Gasteiger charge is 2.53. The monoisotopic (exact) mass is 296 g/mol. The molecule has 1 saturated carbocycles. The van der Waals surface area contributed by atoms with Gasteiger partial charge < -0.3 is 9.67 Å². The van der Waals surface area contributed by atoms with Crippen LogP contribution < -0.4 is 0 Å². The molecule has 116 valence electrons. The topological polar surface area (TPSA) is 38.0 Å². The number of benzene rings is 1. The first-order valence-corrected chi connectivity index (χ1v) is 8.24. The number of hydrogen-bond acceptors (Lipinski definition) is 2. The van der Waals surface area contributed by atoms with Gasteiger partial charge in [0.15, 0.2) is 0 Å². The molecule has 0 saturated heterocycles. The van der Waals surface area contributed by atoms with Crippen LogP contribution in [0.25, 0.3) is 11.3 Å². The summed E-state index contributed by atoms with van der Waals surface area (Å²) in [5, 5.41) is 11.2. The molecule has 3 atom stereocenters. The van der Waals surface area contributed by atoms with E-state index in [0.717, 1.165) is 12.8 Å². The highest BCUT2D eigenvalue weighted by atomic mass is 16.3. The minimum Gasteiger partial charge on any atom is -0.392 e. The van der Waals surface area contributed by atoms with Crippen LogP contribution in [-0.4, -0.2) is 20.8 Å². The number of aliphatic hydroxyl groups is 1. The van der Waals surface area contributed by atoms with Crippen LogP contribution in [0.4, 0.5) is 0 Å². The second-order valence-corrected chi connectivity index (χ2v) is 7.93. The minimum absolute atomic E-state index is 0.0364. The van der Waals surface area contributed by atoms with E-state index in [4.69, 9.17) is 0 Å². The van der Waals surface area contributed by atoms with E-state index in [1.54, 1.807) is 0 Å². The fourth-order valence-electron chi connectivity index (χ4n) is 4.89. The van der Waals surface area contributed by atoms with Gasteiger partial charge in [-0.15, -0.1) is 0 Å². The number of hydrogen-bond donors (Lipinski definition) is 1. The molecule has 0 bridgehead atoms. The highest BCUT2D eigenvalue weighted by molar-refractivity contribution is 5.69. The standard InChI is InChI=1S/C19H24N2O/c1-18(2)9-6-10-19(3,17(18)22)16-14-8-5-4-7-13(14)15-11-20-12-21(15)16/h4-5,7-8,11-12,16-17,22H,6,9-10H2,1-3H3/t16?,17-,19+/m1/s1. The largest absolute Gasteiger partial charge is 0.392 e. The van der Waals surface area contributed by atoms with Crippen molar-refractivity contribution in [3.05, 3.63) is 42.4 Å². The molecule has 22 heavy (non-hydrogen) atoms. The molecule has 4 rings (SSSR count). The third-order valence-electron chi connectivity index (χ3n) is 6.00. The Hall–Kier alpha value is -1.61. The number of fused-ring (bicyclic) bond motifs is 3. The SMILES string of the molecule is CC1(C)CCC[C@@](C)(C2c3ccccc3-c3cncn32)[C@@H]1O. The molecule has 1 aliphatic heterocycles.